The highest BCUT2D eigenvalue weighted by Gasteiger charge is 2.10. The van der Waals surface area contributed by atoms with Crippen LogP contribution in [0, 0.1) is 0 Å². The van der Waals surface area contributed by atoms with Gasteiger partial charge in [0.1, 0.15) is 0 Å². The Morgan fingerprint density at radius 3 is 2.67 bits per heavy atom. The molecule has 0 spiro atoms. The lowest BCUT2D eigenvalue weighted by atomic mass is 10.1. The van der Waals surface area contributed by atoms with E-state index < -0.39 is 6.10 Å². The van der Waals surface area contributed by atoms with E-state index in [2.05, 4.69) is 0 Å². The Balaban J connectivity index is 2.29. The van der Waals surface area contributed by atoms with Crippen molar-refractivity contribution in [2.75, 3.05) is 0 Å². The minimum Gasteiger partial charge on any atom is -0.388 e. The second-order valence-corrected chi connectivity index (χ2v) is 5.57. The summed E-state index contributed by atoms with van der Waals surface area (Å²) in [4.78, 5) is 2.16. The maximum Gasteiger partial charge on any atom is 0.0798 e. The largest absolute Gasteiger partial charge is 0.388 e. The van der Waals surface area contributed by atoms with Gasteiger partial charge in [-0.05, 0) is 36.2 Å². The van der Waals surface area contributed by atoms with Crippen molar-refractivity contribution in [1.29, 1.82) is 0 Å². The van der Waals surface area contributed by atoms with Gasteiger partial charge in [0.05, 0.1) is 6.10 Å². The summed E-state index contributed by atoms with van der Waals surface area (Å²) in [6.07, 6.45) is 0.306. The maximum absolute atomic E-state index is 10.0. The summed E-state index contributed by atoms with van der Waals surface area (Å²) in [5.41, 5.74) is 0.977. The first-order valence-electron chi connectivity index (χ1n) is 5.91. The summed E-state index contributed by atoms with van der Waals surface area (Å²) >= 11 is 7.61. The Morgan fingerprint density at radius 1 is 1.17 bits per heavy atom. The first-order valence-corrected chi connectivity index (χ1v) is 7.10. The minimum atomic E-state index is -0.409. The van der Waals surface area contributed by atoms with Crippen LogP contribution in [0.3, 0.4) is 0 Å². The van der Waals surface area contributed by atoms with Crippen LogP contribution in [0.5, 0.6) is 0 Å². The van der Waals surface area contributed by atoms with Gasteiger partial charge in [-0.25, -0.2) is 0 Å². The number of halogens is 1. The molecular formula is C15H15ClOS. The van der Waals surface area contributed by atoms with Crippen LogP contribution >= 0.6 is 23.4 Å². The van der Waals surface area contributed by atoms with E-state index in [0.717, 1.165) is 20.4 Å². The Bertz CT molecular complexity index is 527. The fourth-order valence-corrected chi connectivity index (χ4v) is 3.04. The molecule has 3 heteroatoms. The van der Waals surface area contributed by atoms with Crippen molar-refractivity contribution in [3.63, 3.8) is 0 Å². The Hall–Kier alpha value is -0.960. The number of hydrogen-bond donors (Lipinski definition) is 1. The molecule has 94 valence electrons. The number of rotatable bonds is 4. The summed E-state index contributed by atoms with van der Waals surface area (Å²) in [7, 11) is 0. The Labute approximate surface area is 117 Å². The summed E-state index contributed by atoms with van der Waals surface area (Å²) in [5, 5.41) is 10.7. The van der Waals surface area contributed by atoms with Crippen molar-refractivity contribution in [2.45, 2.75) is 29.2 Å². The van der Waals surface area contributed by atoms with Crippen LogP contribution in [-0.4, -0.2) is 5.11 Å². The fourth-order valence-electron chi connectivity index (χ4n) is 1.73. The van der Waals surface area contributed by atoms with Crippen LogP contribution < -0.4 is 0 Å². The average molecular weight is 279 g/mol. The molecule has 0 aliphatic heterocycles. The SMILES string of the molecule is CC[C@H](O)c1ccccc1Sc1cccc(Cl)c1. The van der Waals surface area contributed by atoms with E-state index in [-0.39, 0.29) is 0 Å². The zero-order valence-corrected chi connectivity index (χ0v) is 11.7. The minimum absolute atomic E-state index is 0.409. The summed E-state index contributed by atoms with van der Waals surface area (Å²) < 4.78 is 0. The summed E-state index contributed by atoms with van der Waals surface area (Å²) in [5.74, 6) is 0. The lowest BCUT2D eigenvalue weighted by Crippen LogP contribution is -1.96. The molecule has 0 fully saturated rings. The molecule has 0 aliphatic rings. The number of aliphatic hydroxyl groups is 1. The highest BCUT2D eigenvalue weighted by Crippen LogP contribution is 2.34. The standard InChI is InChI=1S/C15H15ClOS/c1-2-14(17)13-8-3-4-9-15(13)18-12-7-5-6-11(16)10-12/h3-10,14,17H,2H2,1H3/t14-/m0/s1. The predicted molar refractivity (Wildman–Crippen MR) is 77.3 cm³/mol. The third kappa shape index (κ3) is 3.29. The first-order chi connectivity index (χ1) is 8.70. The molecule has 0 saturated heterocycles. The van der Waals surface area contributed by atoms with E-state index in [1.807, 2.05) is 55.5 Å². The van der Waals surface area contributed by atoms with Gasteiger partial charge < -0.3 is 5.11 Å². The van der Waals surface area contributed by atoms with Crippen molar-refractivity contribution in [3.8, 4) is 0 Å². The van der Waals surface area contributed by atoms with E-state index in [9.17, 15) is 5.11 Å². The Morgan fingerprint density at radius 2 is 1.94 bits per heavy atom. The van der Waals surface area contributed by atoms with Crippen LogP contribution in [-0.2, 0) is 0 Å². The number of aliphatic hydroxyl groups excluding tert-OH is 1. The van der Waals surface area contributed by atoms with Gasteiger partial charge in [0.25, 0.3) is 0 Å². The molecule has 18 heavy (non-hydrogen) atoms. The van der Waals surface area contributed by atoms with Gasteiger partial charge in [-0.2, -0.15) is 0 Å². The second-order valence-electron chi connectivity index (χ2n) is 4.02. The molecule has 1 atom stereocenters. The van der Waals surface area contributed by atoms with E-state index >= 15 is 0 Å². The zero-order chi connectivity index (χ0) is 13.0. The average Bonchev–Trinajstić information content (AvgIpc) is 2.38. The summed E-state index contributed by atoms with van der Waals surface area (Å²) in [6.45, 7) is 1.98. The van der Waals surface area contributed by atoms with E-state index in [1.54, 1.807) is 11.8 Å². The molecule has 2 rings (SSSR count). The van der Waals surface area contributed by atoms with Gasteiger partial charge in [0.15, 0.2) is 0 Å². The van der Waals surface area contributed by atoms with Gasteiger partial charge in [-0.1, -0.05) is 54.6 Å². The number of hydrogen-bond acceptors (Lipinski definition) is 2. The normalized spacial score (nSPS) is 12.4. The van der Waals surface area contributed by atoms with E-state index in [4.69, 9.17) is 11.6 Å². The first kappa shape index (κ1) is 13.5. The van der Waals surface area contributed by atoms with E-state index in [1.165, 1.54) is 0 Å². The molecule has 2 aromatic rings. The van der Waals surface area contributed by atoms with Gasteiger partial charge >= 0.3 is 0 Å². The number of benzene rings is 2. The molecule has 0 unspecified atom stereocenters. The fraction of sp³-hybridized carbons (Fsp3) is 0.200. The van der Waals surface area contributed by atoms with Crippen molar-refractivity contribution in [1.82, 2.24) is 0 Å². The maximum atomic E-state index is 10.0. The molecule has 0 heterocycles. The third-order valence-corrected chi connectivity index (χ3v) is 4.01. The molecular weight excluding hydrogens is 264 g/mol. The third-order valence-electron chi connectivity index (χ3n) is 2.69. The van der Waals surface area contributed by atoms with Gasteiger partial charge in [-0.3, -0.25) is 0 Å². The molecule has 0 aliphatic carbocycles. The zero-order valence-electron chi connectivity index (χ0n) is 10.1. The highest BCUT2D eigenvalue weighted by molar-refractivity contribution is 7.99. The lowest BCUT2D eigenvalue weighted by Gasteiger charge is -2.13. The van der Waals surface area contributed by atoms with Crippen molar-refractivity contribution in [2.24, 2.45) is 0 Å². The molecule has 2 aromatic carbocycles. The van der Waals surface area contributed by atoms with E-state index in [0.29, 0.717) is 6.42 Å². The molecule has 0 radical (unpaired) electrons. The van der Waals surface area contributed by atoms with Crippen LogP contribution in [0.15, 0.2) is 58.3 Å². The van der Waals surface area contributed by atoms with Gasteiger partial charge in [-0.15, -0.1) is 0 Å². The van der Waals surface area contributed by atoms with Gasteiger partial charge in [0, 0.05) is 14.8 Å². The molecule has 1 N–H and O–H groups in total. The molecule has 0 saturated carbocycles. The Kier molecular flexibility index (Phi) is 4.70. The topological polar surface area (TPSA) is 20.2 Å². The van der Waals surface area contributed by atoms with Crippen LogP contribution in [0.4, 0.5) is 0 Å². The van der Waals surface area contributed by atoms with Crippen LogP contribution in [0.25, 0.3) is 0 Å². The lowest BCUT2D eigenvalue weighted by molar-refractivity contribution is 0.171. The van der Waals surface area contributed by atoms with Crippen LogP contribution in [0.1, 0.15) is 25.0 Å². The second kappa shape index (κ2) is 6.28. The van der Waals surface area contributed by atoms with Crippen molar-refractivity contribution in [3.05, 3.63) is 59.1 Å². The monoisotopic (exact) mass is 278 g/mol. The molecule has 0 bridgehead atoms. The summed E-state index contributed by atoms with van der Waals surface area (Å²) in [6, 6.07) is 15.7. The van der Waals surface area contributed by atoms with Gasteiger partial charge in [0.2, 0.25) is 0 Å². The smallest absolute Gasteiger partial charge is 0.0798 e. The van der Waals surface area contributed by atoms with Crippen molar-refractivity contribution < 1.29 is 5.11 Å². The molecule has 0 amide bonds. The highest BCUT2D eigenvalue weighted by atomic mass is 35.5. The molecule has 0 aromatic heterocycles. The quantitative estimate of drug-likeness (QED) is 0.855. The predicted octanol–water partition coefficient (Wildman–Crippen LogP) is 4.93. The van der Waals surface area contributed by atoms with Crippen molar-refractivity contribution >= 4 is 23.4 Å². The van der Waals surface area contributed by atoms with Crippen LogP contribution in [0.2, 0.25) is 5.02 Å². The molecule has 1 nitrogen and oxygen atoms in total.